The van der Waals surface area contributed by atoms with Crippen LogP contribution in [0.15, 0.2) is 12.7 Å². The van der Waals surface area contributed by atoms with Gasteiger partial charge in [-0.1, -0.05) is 12.7 Å². The van der Waals surface area contributed by atoms with Crippen LogP contribution in [0, 0.1) is 0 Å². The van der Waals surface area contributed by atoms with Crippen molar-refractivity contribution >= 4 is 11.9 Å². The molecule has 0 heterocycles. The van der Waals surface area contributed by atoms with Crippen molar-refractivity contribution in [2.45, 2.75) is 26.1 Å². The Bertz CT molecular complexity index is 221. The fourth-order valence-corrected chi connectivity index (χ4v) is 0.579. The highest BCUT2D eigenvalue weighted by atomic mass is 16.6. The zero-order valence-electron chi connectivity index (χ0n) is 8.23. The normalized spacial score (nSPS) is 13.9. The highest BCUT2D eigenvalue weighted by Gasteiger charge is 2.21. The first-order valence-electron chi connectivity index (χ1n) is 4.15. The summed E-state index contributed by atoms with van der Waals surface area (Å²) in [5.74, 6) is -1.52. The summed E-state index contributed by atoms with van der Waals surface area (Å²) >= 11 is 0. The quantitative estimate of drug-likeness (QED) is 0.503. The first-order chi connectivity index (χ1) is 6.49. The zero-order valence-corrected chi connectivity index (χ0v) is 8.23. The molecule has 80 valence electrons. The van der Waals surface area contributed by atoms with Crippen LogP contribution in [-0.2, 0) is 19.1 Å². The number of carbonyl (C=O) groups excluding carboxylic acids is 2. The van der Waals surface area contributed by atoms with Crippen molar-refractivity contribution in [3.63, 3.8) is 0 Å². The first kappa shape index (κ1) is 12.6. The summed E-state index contributed by atoms with van der Waals surface area (Å²) in [6, 6.07) is 0. The molecule has 0 unspecified atom stereocenters. The predicted molar refractivity (Wildman–Crippen MR) is 48.4 cm³/mol. The van der Waals surface area contributed by atoms with Gasteiger partial charge in [-0.05, 0) is 13.8 Å². The van der Waals surface area contributed by atoms with Crippen molar-refractivity contribution in [1.82, 2.24) is 0 Å². The third-order valence-electron chi connectivity index (χ3n) is 1.31. The van der Waals surface area contributed by atoms with E-state index in [1.807, 2.05) is 0 Å². The van der Waals surface area contributed by atoms with Crippen molar-refractivity contribution in [2.75, 3.05) is 6.61 Å². The summed E-state index contributed by atoms with van der Waals surface area (Å²) in [6.07, 6.45) is -0.858. The second-order valence-corrected chi connectivity index (χ2v) is 2.67. The molecular formula is C9H14O5. The van der Waals surface area contributed by atoms with Gasteiger partial charge in [-0.25, -0.2) is 9.59 Å². The number of hydrogen-bond donors (Lipinski definition) is 1. The highest BCUT2D eigenvalue weighted by Crippen LogP contribution is 1.98. The van der Waals surface area contributed by atoms with Gasteiger partial charge in [-0.15, -0.1) is 0 Å². The first-order valence-corrected chi connectivity index (χ1v) is 4.15. The van der Waals surface area contributed by atoms with Crippen LogP contribution in [0.3, 0.4) is 0 Å². The Morgan fingerprint density at radius 2 is 2.00 bits per heavy atom. The summed E-state index contributed by atoms with van der Waals surface area (Å²) in [6.45, 7) is 6.04. The van der Waals surface area contributed by atoms with E-state index in [1.165, 1.54) is 19.9 Å². The Labute approximate surface area is 82.3 Å². The molecule has 14 heavy (non-hydrogen) atoms. The highest BCUT2D eigenvalue weighted by molar-refractivity contribution is 5.80. The molecule has 5 nitrogen and oxygen atoms in total. The molecule has 0 bridgehead atoms. The summed E-state index contributed by atoms with van der Waals surface area (Å²) in [4.78, 5) is 21.9. The average Bonchev–Trinajstić information content (AvgIpc) is 2.13. The molecule has 0 aliphatic rings. The lowest BCUT2D eigenvalue weighted by molar-refractivity contribution is -0.170. The lowest BCUT2D eigenvalue weighted by atomic mass is 10.4. The van der Waals surface area contributed by atoms with Crippen LogP contribution in [-0.4, -0.2) is 35.9 Å². The number of aliphatic hydroxyl groups is 1. The Kier molecular flexibility index (Phi) is 5.55. The summed E-state index contributed by atoms with van der Waals surface area (Å²) in [5, 5.41) is 8.78. The molecular weight excluding hydrogens is 188 g/mol. The minimum Gasteiger partial charge on any atom is -0.459 e. The molecule has 0 rings (SSSR count). The lowest BCUT2D eigenvalue weighted by Gasteiger charge is -2.12. The molecule has 0 saturated carbocycles. The third kappa shape index (κ3) is 4.61. The van der Waals surface area contributed by atoms with E-state index in [0.717, 1.165) is 0 Å². The van der Waals surface area contributed by atoms with E-state index in [0.29, 0.717) is 0 Å². The summed E-state index contributed by atoms with van der Waals surface area (Å²) in [5.41, 5.74) is 0. The van der Waals surface area contributed by atoms with E-state index in [9.17, 15) is 9.59 Å². The largest absolute Gasteiger partial charge is 0.459 e. The van der Waals surface area contributed by atoms with Gasteiger partial charge in [-0.2, -0.15) is 0 Å². The SMILES string of the molecule is C=CCOC(=O)[C@@H](C)OC(=O)[C@@H](C)O. The maximum Gasteiger partial charge on any atom is 0.347 e. The smallest absolute Gasteiger partial charge is 0.347 e. The number of ether oxygens (including phenoxy) is 2. The van der Waals surface area contributed by atoms with Gasteiger partial charge in [0.05, 0.1) is 0 Å². The molecule has 0 fully saturated rings. The fraction of sp³-hybridized carbons (Fsp3) is 0.556. The van der Waals surface area contributed by atoms with Crippen molar-refractivity contribution in [2.24, 2.45) is 0 Å². The van der Waals surface area contributed by atoms with Gasteiger partial charge in [0.15, 0.2) is 6.10 Å². The van der Waals surface area contributed by atoms with E-state index in [1.54, 1.807) is 0 Å². The second-order valence-electron chi connectivity index (χ2n) is 2.67. The minimum atomic E-state index is -1.25. The van der Waals surface area contributed by atoms with Gasteiger partial charge in [-0.3, -0.25) is 0 Å². The van der Waals surface area contributed by atoms with Crippen LogP contribution in [0.1, 0.15) is 13.8 Å². The molecule has 0 aromatic rings. The van der Waals surface area contributed by atoms with Crippen molar-refractivity contribution in [3.8, 4) is 0 Å². The molecule has 0 aromatic carbocycles. The topological polar surface area (TPSA) is 72.8 Å². The fourth-order valence-electron chi connectivity index (χ4n) is 0.579. The standard InChI is InChI=1S/C9H14O5/c1-4-5-13-9(12)7(3)14-8(11)6(2)10/h4,6-7,10H,1,5H2,2-3H3/t6-,7-/m1/s1. The van der Waals surface area contributed by atoms with Crippen molar-refractivity contribution in [1.29, 1.82) is 0 Å². The second kappa shape index (κ2) is 6.15. The molecule has 0 saturated heterocycles. The lowest BCUT2D eigenvalue weighted by Crippen LogP contribution is -2.30. The van der Waals surface area contributed by atoms with Gasteiger partial charge >= 0.3 is 11.9 Å². The maximum atomic E-state index is 11.0. The third-order valence-corrected chi connectivity index (χ3v) is 1.31. The number of hydrogen-bond acceptors (Lipinski definition) is 5. The molecule has 0 aliphatic heterocycles. The molecule has 0 radical (unpaired) electrons. The Morgan fingerprint density at radius 3 is 2.43 bits per heavy atom. The van der Waals surface area contributed by atoms with Gasteiger partial charge in [0, 0.05) is 0 Å². The van der Waals surface area contributed by atoms with Crippen LogP contribution in [0.25, 0.3) is 0 Å². The molecule has 0 spiro atoms. The maximum absolute atomic E-state index is 11.0. The number of esters is 2. The Hall–Kier alpha value is -1.36. The van der Waals surface area contributed by atoms with E-state index < -0.39 is 24.1 Å². The molecule has 0 amide bonds. The van der Waals surface area contributed by atoms with E-state index >= 15 is 0 Å². The molecule has 0 aromatic heterocycles. The summed E-state index contributed by atoms with van der Waals surface area (Å²) in [7, 11) is 0. The molecule has 1 N–H and O–H groups in total. The van der Waals surface area contributed by atoms with Crippen molar-refractivity contribution < 1.29 is 24.2 Å². The minimum absolute atomic E-state index is 0.0649. The molecule has 5 heteroatoms. The van der Waals surface area contributed by atoms with Gasteiger partial charge in [0.2, 0.25) is 0 Å². The van der Waals surface area contributed by atoms with E-state index in [4.69, 9.17) is 5.11 Å². The van der Waals surface area contributed by atoms with Gasteiger partial charge < -0.3 is 14.6 Å². The monoisotopic (exact) mass is 202 g/mol. The van der Waals surface area contributed by atoms with Gasteiger partial charge in [0.25, 0.3) is 0 Å². The molecule has 0 aliphatic carbocycles. The van der Waals surface area contributed by atoms with Crippen LogP contribution >= 0.6 is 0 Å². The predicted octanol–water partition coefficient (Wildman–Crippen LogP) is 0.0281. The number of carbonyl (C=O) groups is 2. The van der Waals surface area contributed by atoms with E-state index in [2.05, 4.69) is 16.1 Å². The van der Waals surface area contributed by atoms with Gasteiger partial charge in [0.1, 0.15) is 12.7 Å². The average molecular weight is 202 g/mol. The Balaban J connectivity index is 3.94. The van der Waals surface area contributed by atoms with Crippen LogP contribution in [0.2, 0.25) is 0 Å². The number of rotatable bonds is 5. The van der Waals surface area contributed by atoms with Crippen LogP contribution < -0.4 is 0 Å². The number of aliphatic hydroxyl groups excluding tert-OH is 1. The van der Waals surface area contributed by atoms with Crippen molar-refractivity contribution in [3.05, 3.63) is 12.7 Å². The zero-order chi connectivity index (χ0) is 11.1. The van der Waals surface area contributed by atoms with Crippen LogP contribution in [0.4, 0.5) is 0 Å². The van der Waals surface area contributed by atoms with Crippen LogP contribution in [0.5, 0.6) is 0 Å². The Morgan fingerprint density at radius 1 is 1.43 bits per heavy atom. The van der Waals surface area contributed by atoms with E-state index in [-0.39, 0.29) is 6.61 Å². The molecule has 2 atom stereocenters. The summed E-state index contributed by atoms with van der Waals surface area (Å²) < 4.78 is 9.19.